The first-order chi connectivity index (χ1) is 15.4. The molecule has 0 saturated heterocycles. The van der Waals surface area contributed by atoms with E-state index in [-0.39, 0.29) is 16.8 Å². The Morgan fingerprint density at radius 2 is 1.78 bits per heavy atom. The SMILES string of the molecule is NS(=O)(=O)c1ccc(C(=O)N2N=C(c3ccccc3)CC2c2ccc3c(c2)COO3)cc1. The molecule has 2 heterocycles. The van der Waals surface area contributed by atoms with Crippen molar-refractivity contribution in [2.45, 2.75) is 24.0 Å². The zero-order valence-electron chi connectivity index (χ0n) is 16.8. The van der Waals surface area contributed by atoms with Gasteiger partial charge < -0.3 is 4.89 Å². The average molecular weight is 449 g/mol. The molecule has 2 aliphatic rings. The van der Waals surface area contributed by atoms with Gasteiger partial charge in [0.15, 0.2) is 5.75 Å². The lowest BCUT2D eigenvalue weighted by molar-refractivity contribution is -0.194. The minimum atomic E-state index is -3.84. The van der Waals surface area contributed by atoms with Gasteiger partial charge in [-0.15, -0.1) is 0 Å². The number of primary sulfonamides is 1. The number of nitrogens with two attached hydrogens (primary N) is 1. The summed E-state index contributed by atoms with van der Waals surface area (Å²) in [6.07, 6.45) is 0.533. The van der Waals surface area contributed by atoms with Crippen LogP contribution in [0.3, 0.4) is 0 Å². The van der Waals surface area contributed by atoms with Crippen molar-refractivity contribution >= 4 is 21.6 Å². The van der Waals surface area contributed by atoms with Gasteiger partial charge in [-0.2, -0.15) is 9.99 Å². The molecular weight excluding hydrogens is 430 g/mol. The van der Waals surface area contributed by atoms with Crippen molar-refractivity contribution in [2.75, 3.05) is 0 Å². The summed E-state index contributed by atoms with van der Waals surface area (Å²) in [5, 5.41) is 11.3. The van der Waals surface area contributed by atoms with Gasteiger partial charge >= 0.3 is 0 Å². The third-order valence-corrected chi connectivity index (χ3v) is 6.42. The van der Waals surface area contributed by atoms with Gasteiger partial charge in [-0.25, -0.2) is 18.6 Å². The second-order valence-corrected chi connectivity index (χ2v) is 9.13. The molecule has 1 atom stereocenters. The van der Waals surface area contributed by atoms with Gasteiger partial charge in [0.1, 0.15) is 6.61 Å². The van der Waals surface area contributed by atoms with Crippen molar-refractivity contribution in [3.05, 3.63) is 95.1 Å². The summed E-state index contributed by atoms with van der Waals surface area (Å²) in [6, 6.07) is 20.5. The number of nitrogens with zero attached hydrogens (tertiary/aromatic N) is 2. The topological polar surface area (TPSA) is 111 Å². The van der Waals surface area contributed by atoms with E-state index in [1.807, 2.05) is 48.5 Å². The second-order valence-electron chi connectivity index (χ2n) is 7.56. The van der Waals surface area contributed by atoms with Gasteiger partial charge in [0, 0.05) is 17.5 Å². The lowest BCUT2D eigenvalue weighted by Gasteiger charge is -2.22. The summed E-state index contributed by atoms with van der Waals surface area (Å²) in [6.45, 7) is 0.339. The van der Waals surface area contributed by atoms with Gasteiger partial charge in [0.25, 0.3) is 5.91 Å². The van der Waals surface area contributed by atoms with Crippen LogP contribution < -0.4 is 10.0 Å². The molecule has 0 radical (unpaired) electrons. The van der Waals surface area contributed by atoms with Gasteiger partial charge in [-0.3, -0.25) is 4.79 Å². The molecule has 1 amide bonds. The fourth-order valence-corrected chi connectivity index (χ4v) is 4.35. The van der Waals surface area contributed by atoms with Crippen LogP contribution in [0.15, 0.2) is 82.8 Å². The maximum absolute atomic E-state index is 13.4. The summed E-state index contributed by atoms with van der Waals surface area (Å²) in [4.78, 5) is 23.5. The molecule has 0 aliphatic carbocycles. The maximum atomic E-state index is 13.4. The van der Waals surface area contributed by atoms with Crippen LogP contribution in [0.25, 0.3) is 0 Å². The van der Waals surface area contributed by atoms with Crippen molar-refractivity contribution in [3.63, 3.8) is 0 Å². The van der Waals surface area contributed by atoms with Crippen LogP contribution in [0.4, 0.5) is 0 Å². The highest BCUT2D eigenvalue weighted by Crippen LogP contribution is 2.37. The van der Waals surface area contributed by atoms with E-state index in [1.54, 1.807) is 0 Å². The molecule has 0 saturated carbocycles. The highest BCUT2D eigenvalue weighted by Gasteiger charge is 2.34. The second kappa shape index (κ2) is 7.86. The Morgan fingerprint density at radius 1 is 1.03 bits per heavy atom. The van der Waals surface area contributed by atoms with Crippen LogP contribution in [0.1, 0.15) is 39.5 Å². The Balaban J connectivity index is 1.52. The number of amides is 1. The number of benzene rings is 3. The fourth-order valence-electron chi connectivity index (χ4n) is 3.84. The molecule has 2 N–H and O–H groups in total. The van der Waals surface area contributed by atoms with Crippen LogP contribution in [-0.2, 0) is 21.5 Å². The molecule has 0 fully saturated rings. The molecule has 9 heteroatoms. The molecule has 0 bridgehead atoms. The predicted molar refractivity (Wildman–Crippen MR) is 116 cm³/mol. The van der Waals surface area contributed by atoms with Crippen molar-refractivity contribution in [1.82, 2.24) is 5.01 Å². The minimum Gasteiger partial charge on any atom is -0.337 e. The fraction of sp³-hybridized carbons (Fsp3) is 0.130. The van der Waals surface area contributed by atoms with Gasteiger partial charge in [0.05, 0.1) is 16.6 Å². The van der Waals surface area contributed by atoms with E-state index in [1.165, 1.54) is 29.3 Å². The van der Waals surface area contributed by atoms with Crippen molar-refractivity contribution in [3.8, 4) is 5.75 Å². The zero-order valence-corrected chi connectivity index (χ0v) is 17.7. The van der Waals surface area contributed by atoms with Gasteiger partial charge in [-0.05, 0) is 47.5 Å². The maximum Gasteiger partial charge on any atom is 0.274 e. The summed E-state index contributed by atoms with van der Waals surface area (Å²) in [7, 11) is -3.84. The smallest absolute Gasteiger partial charge is 0.274 e. The first-order valence-corrected chi connectivity index (χ1v) is 11.5. The number of fused-ring (bicyclic) bond motifs is 1. The Bertz CT molecular complexity index is 1320. The standard InChI is InChI=1S/C23H19N3O5S/c24-32(28,29)19-9-6-16(7-10-19)23(27)26-21(13-20(25-26)15-4-2-1-3-5-15)17-8-11-22-18(12-17)14-30-31-22/h1-12,21H,13-14H2,(H2,24,28,29). The van der Waals surface area contributed by atoms with Crippen LogP contribution >= 0.6 is 0 Å². The molecule has 0 aromatic heterocycles. The van der Waals surface area contributed by atoms with E-state index in [0.29, 0.717) is 24.3 Å². The molecule has 3 aromatic carbocycles. The van der Waals surface area contributed by atoms with Crippen LogP contribution in [0.2, 0.25) is 0 Å². The lowest BCUT2D eigenvalue weighted by atomic mass is 9.96. The number of carbonyl (C=O) groups is 1. The third kappa shape index (κ3) is 3.77. The zero-order chi connectivity index (χ0) is 22.3. The molecule has 8 nitrogen and oxygen atoms in total. The Morgan fingerprint density at radius 3 is 2.50 bits per heavy atom. The summed E-state index contributed by atoms with van der Waals surface area (Å²) >= 11 is 0. The van der Waals surface area contributed by atoms with Crippen molar-refractivity contribution in [2.24, 2.45) is 10.2 Å². The quantitative estimate of drug-likeness (QED) is 0.615. The van der Waals surface area contributed by atoms with E-state index >= 15 is 0 Å². The molecule has 162 valence electrons. The highest BCUT2D eigenvalue weighted by molar-refractivity contribution is 7.89. The monoisotopic (exact) mass is 449 g/mol. The van der Waals surface area contributed by atoms with E-state index in [2.05, 4.69) is 5.10 Å². The molecule has 0 spiro atoms. The highest BCUT2D eigenvalue weighted by atomic mass is 32.2. The van der Waals surface area contributed by atoms with Crippen molar-refractivity contribution in [1.29, 1.82) is 0 Å². The normalized spacial score (nSPS) is 17.6. The largest absolute Gasteiger partial charge is 0.337 e. The van der Waals surface area contributed by atoms with E-state index < -0.39 is 10.0 Å². The summed E-state index contributed by atoms with van der Waals surface area (Å²) in [5.74, 6) is 0.322. The molecule has 32 heavy (non-hydrogen) atoms. The third-order valence-electron chi connectivity index (χ3n) is 5.49. The molecule has 2 aliphatic heterocycles. The van der Waals surface area contributed by atoms with E-state index in [0.717, 1.165) is 22.4 Å². The average Bonchev–Trinajstić information content (AvgIpc) is 3.45. The first-order valence-electron chi connectivity index (χ1n) is 9.92. The number of carbonyl (C=O) groups excluding carboxylic acids is 1. The van der Waals surface area contributed by atoms with Gasteiger partial charge in [-0.1, -0.05) is 36.4 Å². The van der Waals surface area contributed by atoms with E-state index in [4.69, 9.17) is 14.9 Å². The number of hydrogen-bond acceptors (Lipinski definition) is 6. The number of sulfonamides is 1. The first kappa shape index (κ1) is 20.4. The molecule has 1 unspecified atom stereocenters. The number of hydrogen-bond donors (Lipinski definition) is 1. The number of hydrazone groups is 1. The van der Waals surface area contributed by atoms with Crippen LogP contribution in [0.5, 0.6) is 5.75 Å². The summed E-state index contributed by atoms with van der Waals surface area (Å²) < 4.78 is 23.1. The van der Waals surface area contributed by atoms with Crippen LogP contribution in [-0.4, -0.2) is 25.0 Å². The van der Waals surface area contributed by atoms with E-state index in [9.17, 15) is 13.2 Å². The molecular formula is C23H19N3O5S. The van der Waals surface area contributed by atoms with Crippen LogP contribution in [0, 0.1) is 0 Å². The minimum absolute atomic E-state index is 0.0564. The number of rotatable bonds is 4. The molecule has 3 aromatic rings. The Labute approximate surface area is 184 Å². The van der Waals surface area contributed by atoms with Crippen molar-refractivity contribution < 1.29 is 23.0 Å². The summed E-state index contributed by atoms with van der Waals surface area (Å²) in [5.41, 5.74) is 3.85. The Hall–Kier alpha value is -3.53. The lowest BCUT2D eigenvalue weighted by Crippen LogP contribution is -2.27. The predicted octanol–water partition coefficient (Wildman–Crippen LogP) is 3.15. The Kier molecular flexibility index (Phi) is 5.01. The molecule has 5 rings (SSSR count). The van der Waals surface area contributed by atoms with Gasteiger partial charge in [0.2, 0.25) is 10.0 Å².